The summed E-state index contributed by atoms with van der Waals surface area (Å²) in [6.07, 6.45) is 3.69. The highest BCUT2D eigenvalue weighted by Crippen LogP contribution is 2.40. The van der Waals surface area contributed by atoms with Crippen molar-refractivity contribution in [2.45, 2.75) is 129 Å². The van der Waals surface area contributed by atoms with Crippen molar-refractivity contribution >= 4 is 34.8 Å². The van der Waals surface area contributed by atoms with Gasteiger partial charge in [0.15, 0.2) is 11.5 Å². The Balaban J connectivity index is 2.54. The van der Waals surface area contributed by atoms with Crippen molar-refractivity contribution < 1.29 is 38.1 Å². The SMILES string of the molecule is CCCCC(CC)Cn1c(-c2ccc(OC(=O)C(C)(C)C)c(OC(=O)C(C)(C)C)c2)c(OC(=O)C(C)(C)C)c(=O)c2ccc(OC(=O)C(C)(C)C)cc21. The van der Waals surface area contributed by atoms with Gasteiger partial charge in [-0.3, -0.25) is 24.0 Å². The van der Waals surface area contributed by atoms with Crippen molar-refractivity contribution in [3.63, 3.8) is 0 Å². The Hall–Kier alpha value is -4.47. The van der Waals surface area contributed by atoms with Crippen molar-refractivity contribution in [1.29, 1.82) is 0 Å². The van der Waals surface area contributed by atoms with Crippen LogP contribution >= 0.6 is 0 Å². The van der Waals surface area contributed by atoms with Crippen LogP contribution in [0.3, 0.4) is 0 Å². The van der Waals surface area contributed by atoms with E-state index in [4.69, 9.17) is 18.9 Å². The molecule has 0 spiro atoms. The van der Waals surface area contributed by atoms with Crippen LogP contribution in [0.1, 0.15) is 123 Å². The highest BCUT2D eigenvalue weighted by Gasteiger charge is 2.32. The maximum absolute atomic E-state index is 14.5. The van der Waals surface area contributed by atoms with Gasteiger partial charge in [-0.1, -0.05) is 33.1 Å². The number of benzene rings is 2. The van der Waals surface area contributed by atoms with Gasteiger partial charge in [-0.25, -0.2) is 0 Å². The van der Waals surface area contributed by atoms with Gasteiger partial charge in [0.2, 0.25) is 11.2 Å². The number of unbranched alkanes of at least 4 members (excludes halogenated alkanes) is 1. The third kappa shape index (κ3) is 10.8. The number of aromatic nitrogens is 1. The third-order valence-corrected chi connectivity index (χ3v) is 8.66. The third-order valence-electron chi connectivity index (χ3n) is 8.66. The minimum Gasteiger partial charge on any atom is -0.426 e. The molecule has 1 unspecified atom stereocenters. The van der Waals surface area contributed by atoms with Crippen LogP contribution in [-0.4, -0.2) is 28.4 Å². The number of hydrogen-bond acceptors (Lipinski definition) is 9. The molecule has 1 aromatic heterocycles. The number of nitrogens with zero attached hydrogens (tertiary/aromatic N) is 1. The molecule has 3 rings (SSSR count). The van der Waals surface area contributed by atoms with Crippen molar-refractivity contribution in [2.75, 3.05) is 0 Å². The molecule has 0 aliphatic carbocycles. The van der Waals surface area contributed by atoms with Crippen LogP contribution in [0.15, 0.2) is 41.2 Å². The molecule has 0 aliphatic heterocycles. The molecule has 0 saturated heterocycles. The zero-order valence-corrected chi connectivity index (χ0v) is 34.2. The Bertz CT molecular complexity index is 1910. The number of esters is 4. The molecular formula is C43H59NO9. The fourth-order valence-electron chi connectivity index (χ4n) is 5.04. The zero-order valence-electron chi connectivity index (χ0n) is 34.2. The second-order valence-electron chi connectivity index (χ2n) is 17.9. The van der Waals surface area contributed by atoms with Crippen LogP contribution in [0.25, 0.3) is 22.2 Å². The molecule has 3 aromatic rings. The van der Waals surface area contributed by atoms with Gasteiger partial charge in [0.1, 0.15) is 5.75 Å². The van der Waals surface area contributed by atoms with E-state index in [9.17, 15) is 24.0 Å². The topological polar surface area (TPSA) is 127 Å². The van der Waals surface area contributed by atoms with E-state index >= 15 is 0 Å². The van der Waals surface area contributed by atoms with Crippen molar-refractivity contribution in [3.05, 3.63) is 46.6 Å². The quantitative estimate of drug-likeness (QED) is 0.140. The van der Waals surface area contributed by atoms with Crippen LogP contribution < -0.4 is 24.4 Å². The molecule has 10 nitrogen and oxygen atoms in total. The number of fused-ring (bicyclic) bond motifs is 1. The molecule has 0 amide bonds. The average molecular weight is 734 g/mol. The Kier molecular flexibility index (Phi) is 13.2. The predicted molar refractivity (Wildman–Crippen MR) is 207 cm³/mol. The summed E-state index contributed by atoms with van der Waals surface area (Å²) >= 11 is 0. The Morgan fingerprint density at radius 2 is 1.15 bits per heavy atom. The first kappa shape index (κ1) is 42.9. The van der Waals surface area contributed by atoms with Crippen molar-refractivity contribution in [3.8, 4) is 34.3 Å². The summed E-state index contributed by atoms with van der Waals surface area (Å²) in [6.45, 7) is 25.3. The summed E-state index contributed by atoms with van der Waals surface area (Å²) < 4.78 is 25.4. The van der Waals surface area contributed by atoms with E-state index in [1.807, 2.05) is 4.57 Å². The van der Waals surface area contributed by atoms with E-state index in [1.54, 1.807) is 107 Å². The number of rotatable bonds is 11. The number of hydrogen-bond donors (Lipinski definition) is 0. The standard InChI is InChI=1S/C43H59NO9/c1-15-17-18-26(16-2)25-44-30-24-28(50-36(46)40(3,4)5)20-21-29(30)34(45)35(53-39(49)43(12,13)14)33(44)27-19-22-31(51-37(47)41(6,7)8)32(23-27)52-38(48)42(9,10)11/h19-24,26H,15-18,25H2,1-14H3. The summed E-state index contributed by atoms with van der Waals surface area (Å²) in [6, 6.07) is 9.47. The van der Waals surface area contributed by atoms with Gasteiger partial charge in [0.05, 0.1) is 32.9 Å². The molecule has 0 N–H and O–H groups in total. The normalized spacial score (nSPS) is 13.0. The molecule has 1 heterocycles. The lowest BCUT2D eigenvalue weighted by Crippen LogP contribution is -2.29. The van der Waals surface area contributed by atoms with Gasteiger partial charge in [0, 0.05) is 23.6 Å². The maximum atomic E-state index is 14.5. The van der Waals surface area contributed by atoms with E-state index in [2.05, 4.69) is 13.8 Å². The van der Waals surface area contributed by atoms with Crippen LogP contribution in [0.4, 0.5) is 0 Å². The highest BCUT2D eigenvalue weighted by molar-refractivity contribution is 5.91. The first-order chi connectivity index (χ1) is 24.3. The molecule has 2 aromatic carbocycles. The van der Waals surface area contributed by atoms with Gasteiger partial charge in [0.25, 0.3) is 0 Å². The lowest BCUT2D eigenvalue weighted by atomic mass is 9.96. The Morgan fingerprint density at radius 1 is 0.642 bits per heavy atom. The zero-order chi connectivity index (χ0) is 40.3. The van der Waals surface area contributed by atoms with Crippen molar-refractivity contribution in [1.82, 2.24) is 4.57 Å². The van der Waals surface area contributed by atoms with Gasteiger partial charge in [-0.05, 0) is 126 Å². The Morgan fingerprint density at radius 3 is 1.66 bits per heavy atom. The summed E-state index contributed by atoms with van der Waals surface area (Å²) in [7, 11) is 0. The lowest BCUT2D eigenvalue weighted by molar-refractivity contribution is -0.145. The number of pyridine rings is 1. The van der Waals surface area contributed by atoms with E-state index in [1.165, 1.54) is 12.1 Å². The second kappa shape index (κ2) is 16.3. The molecule has 0 bridgehead atoms. The molecule has 290 valence electrons. The molecule has 1 atom stereocenters. The molecule has 53 heavy (non-hydrogen) atoms. The largest absolute Gasteiger partial charge is 0.426 e. The van der Waals surface area contributed by atoms with Crippen LogP contribution in [0.5, 0.6) is 23.0 Å². The molecule has 0 aliphatic rings. The van der Waals surface area contributed by atoms with E-state index in [0.717, 1.165) is 25.7 Å². The van der Waals surface area contributed by atoms with E-state index in [0.29, 0.717) is 17.6 Å². The minimum absolute atomic E-state index is 0.0138. The molecule has 0 fully saturated rings. The average Bonchev–Trinajstić information content (AvgIpc) is 3.03. The summed E-state index contributed by atoms with van der Waals surface area (Å²) in [4.78, 5) is 67.4. The van der Waals surface area contributed by atoms with Gasteiger partial charge < -0.3 is 23.5 Å². The predicted octanol–water partition coefficient (Wildman–Crippen LogP) is 9.69. The first-order valence-corrected chi connectivity index (χ1v) is 18.5. The number of ether oxygens (including phenoxy) is 4. The number of carbonyl (C=O) groups excluding carboxylic acids is 4. The lowest BCUT2D eigenvalue weighted by Gasteiger charge is -2.26. The van der Waals surface area contributed by atoms with Gasteiger partial charge in [-0.15, -0.1) is 0 Å². The van der Waals surface area contributed by atoms with E-state index in [-0.39, 0.29) is 40.0 Å². The summed E-state index contributed by atoms with van der Waals surface area (Å²) in [5.74, 6) is -2.01. The maximum Gasteiger partial charge on any atom is 0.316 e. The molecule has 10 heteroatoms. The minimum atomic E-state index is -0.958. The molecular weight excluding hydrogens is 674 g/mol. The summed E-state index contributed by atoms with van der Waals surface area (Å²) in [5, 5.41) is 0.265. The van der Waals surface area contributed by atoms with Crippen molar-refractivity contribution in [2.24, 2.45) is 27.6 Å². The van der Waals surface area contributed by atoms with E-state index < -0.39 is 51.0 Å². The molecule has 0 saturated carbocycles. The number of carbonyl (C=O) groups is 4. The van der Waals surface area contributed by atoms with Gasteiger partial charge in [-0.2, -0.15) is 0 Å². The van der Waals surface area contributed by atoms with Crippen LogP contribution in [-0.2, 0) is 25.7 Å². The highest BCUT2D eigenvalue weighted by atomic mass is 16.6. The fourth-order valence-corrected chi connectivity index (χ4v) is 5.04. The van der Waals surface area contributed by atoms with Crippen LogP contribution in [0.2, 0.25) is 0 Å². The van der Waals surface area contributed by atoms with Gasteiger partial charge >= 0.3 is 23.9 Å². The van der Waals surface area contributed by atoms with Crippen LogP contribution in [0, 0.1) is 27.6 Å². The smallest absolute Gasteiger partial charge is 0.316 e. The molecule has 0 radical (unpaired) electrons. The summed E-state index contributed by atoms with van der Waals surface area (Å²) in [5.41, 5.74) is -2.96. The second-order valence-corrected chi connectivity index (χ2v) is 17.9. The monoisotopic (exact) mass is 733 g/mol. The fraction of sp³-hybridized carbons (Fsp3) is 0.558. The first-order valence-electron chi connectivity index (χ1n) is 18.5. The Labute approximate surface area is 314 Å².